The van der Waals surface area contributed by atoms with Crippen LogP contribution in [0.3, 0.4) is 0 Å². The summed E-state index contributed by atoms with van der Waals surface area (Å²) in [6, 6.07) is -7.65. The topological polar surface area (TPSA) is 849 Å². The lowest BCUT2D eigenvalue weighted by Crippen LogP contribution is -2.70. The predicted molar refractivity (Wildman–Crippen MR) is 377 cm³/mol. The third-order valence-corrected chi connectivity index (χ3v) is 22.1. The van der Waals surface area contributed by atoms with Gasteiger partial charge in [-0.1, -0.05) is 0 Å². The first-order valence-electron chi connectivity index (χ1n) is 38.9. The Balaban J connectivity index is 1.04. The summed E-state index contributed by atoms with van der Waals surface area (Å²) in [6.45, 7) is -6.28. The molecule has 9 aliphatic heterocycles. The van der Waals surface area contributed by atoms with Crippen LogP contribution in [0, 0.1) is 0 Å². The summed E-state index contributed by atoms with van der Waals surface area (Å²) in [4.78, 5) is 51.2. The average molecular weight is 1790 g/mol. The second kappa shape index (κ2) is 45.0. The van der Waals surface area contributed by atoms with Crippen LogP contribution in [-0.4, -0.2) is 533 Å². The standard InChI is InChI=1S/C68H116N4O50/c1-16-34(86)45(97)49(101)63(107-16)105-14-22(85)53(35(87)21(6-73)69-17(2)81)116-61-32(71-19(4)83)43(95)55(28(12-79)113-61)118-66-52(104)57(120-68-59(48(100)39(91)26(10-77)112-68)122-60-31(70-18(3)82)42(94)36(88)23(7-74)108-60)41(93)30(115-66)15-106-67-58(47(99)38(90)25(9-76)111-67)121-62-33(72-20(5)84)44(96)54(29(13-80)114-62)117-65-51(103)56(40(92)27(11-78)110-65)119-64-50(102)46(98)37(89)24(8-75)109-64/h16,21-68,73-80,85-104H,6-15H2,1-5H3,(H,69,81)(H,70,82)(H,71,83)(H,72,84)/t16-,21-,22+,23+,24+,25+,26+,27+,28+,29+,30+,31+,32+,33+,34+,35+,36+,37-,38+,39+,40-,41+,42+,43+,44+,45+,46-,47-,48-,49-,50+,51+,52-,53+,54+,55+,56-,57-,58-,59-,60-,61-,62-,63+,64+,65-,66-,67-,68+/m0/s1. The second-order valence-corrected chi connectivity index (χ2v) is 30.8. The van der Waals surface area contributed by atoms with Crippen LogP contribution in [0.4, 0.5) is 0 Å². The number of hydrogen-bond acceptors (Lipinski definition) is 50. The van der Waals surface area contributed by atoms with Crippen LogP contribution in [0.1, 0.15) is 34.6 Å². The van der Waals surface area contributed by atoms with E-state index >= 15 is 0 Å². The summed E-state index contributed by atoms with van der Waals surface area (Å²) in [6.07, 6.45) is -94.8. The number of carbonyl (C=O) groups excluding carboxylic acids is 4. The Hall–Kier alpha value is -3.96. The molecule has 32 N–H and O–H groups in total. The molecule has 49 atom stereocenters. The molecule has 0 aromatic carbocycles. The maximum absolute atomic E-state index is 13.2. The molecule has 9 rings (SSSR count). The molecule has 54 nitrogen and oxygen atoms in total. The molecule has 54 heteroatoms. The Morgan fingerprint density at radius 3 is 1.10 bits per heavy atom. The number of aliphatic hydroxyl groups is 28. The first-order chi connectivity index (χ1) is 57.6. The van der Waals surface area contributed by atoms with Crippen molar-refractivity contribution in [2.24, 2.45) is 0 Å². The first-order valence-corrected chi connectivity index (χ1v) is 38.9. The van der Waals surface area contributed by atoms with Crippen molar-refractivity contribution in [3.05, 3.63) is 0 Å². The molecule has 0 aliphatic carbocycles. The minimum absolute atomic E-state index is 0.866. The predicted octanol–water partition coefficient (Wildman–Crippen LogP) is -21.6. The number of rotatable bonds is 35. The van der Waals surface area contributed by atoms with Gasteiger partial charge >= 0.3 is 0 Å². The van der Waals surface area contributed by atoms with Gasteiger partial charge < -0.3 is 250 Å². The summed E-state index contributed by atoms with van der Waals surface area (Å²) in [5.74, 6) is -3.78. The molecular weight excluding hydrogens is 1670 g/mol. The lowest BCUT2D eigenvalue weighted by atomic mass is 9.94. The van der Waals surface area contributed by atoms with E-state index in [1.807, 2.05) is 0 Å². The SMILES string of the molecule is CC(=O)N[C@H]1[C@H](O[C@@H]([C@H](O)[C@H](CO)NC(C)=O)[C@H](O)CO[C@@H]2O[C@@H](C)[C@@H](O)[C@@H](O)[C@@H]2O)O[C@H](CO)[C@@H](O[C@@H]2O[C@H](CO[C@H]3O[C@H](CO)[C@@H](O)[C@H](O)[C@@H]3O[C@@H]3O[C@H](CO)[C@@H](O[C@@H]4O[C@H](CO)[C@H](O)[C@H](O[C@H]5O[C@H](CO)[C@H](O)[C@H](O)[C@H]5O)[C@H]4O)[C@H](O)[C@H]3NC(C)=O)[C@@H](O)[C@H](O[C@H]3O[C@H](CO)[C@@H](O)[C@H](O)[C@@H]3O[C@@H]3O[C@H](CO)[C@@H](O)[C@H](O)[C@H]3NC(C)=O)[C@@H]2O)[C@@H]1O. The normalized spacial score (nSPS) is 47.0. The smallest absolute Gasteiger partial charge is 0.217 e. The zero-order valence-electron chi connectivity index (χ0n) is 65.9. The van der Waals surface area contributed by atoms with E-state index in [2.05, 4.69) is 21.3 Å². The monoisotopic (exact) mass is 1790 g/mol. The summed E-state index contributed by atoms with van der Waals surface area (Å²) in [5, 5.41) is 321. The zero-order valence-corrected chi connectivity index (χ0v) is 65.9. The van der Waals surface area contributed by atoms with Crippen LogP contribution in [0.2, 0.25) is 0 Å². The van der Waals surface area contributed by atoms with Gasteiger partial charge in [-0.2, -0.15) is 0 Å². The minimum Gasteiger partial charge on any atom is -0.394 e. The Morgan fingerprint density at radius 2 is 0.639 bits per heavy atom. The molecule has 9 saturated heterocycles. The van der Waals surface area contributed by atoms with Crippen molar-refractivity contribution in [1.82, 2.24) is 21.3 Å². The van der Waals surface area contributed by atoms with E-state index in [-0.39, 0.29) is 0 Å². The number of hydrogen-bond donors (Lipinski definition) is 32. The van der Waals surface area contributed by atoms with Gasteiger partial charge in [-0.05, 0) is 6.92 Å². The lowest BCUT2D eigenvalue weighted by molar-refractivity contribution is -0.396. The van der Waals surface area contributed by atoms with Gasteiger partial charge in [0.25, 0.3) is 0 Å². The van der Waals surface area contributed by atoms with Gasteiger partial charge in [0.2, 0.25) is 23.6 Å². The van der Waals surface area contributed by atoms with Gasteiger partial charge in [0, 0.05) is 27.7 Å². The molecular formula is C68H116N4O50. The highest BCUT2D eigenvalue weighted by Gasteiger charge is 2.61. The largest absolute Gasteiger partial charge is 0.394 e. The molecule has 122 heavy (non-hydrogen) atoms. The van der Waals surface area contributed by atoms with Crippen molar-refractivity contribution in [3.63, 3.8) is 0 Å². The second-order valence-electron chi connectivity index (χ2n) is 30.8. The number of ether oxygens (including phenoxy) is 18. The van der Waals surface area contributed by atoms with Crippen molar-refractivity contribution in [3.8, 4) is 0 Å². The quantitative estimate of drug-likeness (QED) is 0.0280. The van der Waals surface area contributed by atoms with E-state index in [0.717, 1.165) is 27.7 Å². The number of nitrogens with one attached hydrogen (secondary N) is 4. The van der Waals surface area contributed by atoms with Crippen molar-refractivity contribution in [2.75, 3.05) is 66.1 Å². The fraction of sp³-hybridized carbons (Fsp3) is 0.941. The van der Waals surface area contributed by atoms with Crippen molar-refractivity contribution < 1.29 is 247 Å². The molecule has 708 valence electrons. The van der Waals surface area contributed by atoms with Gasteiger partial charge in [-0.3, -0.25) is 19.2 Å². The number of carbonyl (C=O) groups is 4. The van der Waals surface area contributed by atoms with E-state index in [1.165, 1.54) is 6.92 Å². The Bertz CT molecular complexity index is 3240. The van der Waals surface area contributed by atoms with E-state index in [4.69, 9.17) is 85.3 Å². The molecule has 9 fully saturated rings. The maximum atomic E-state index is 13.2. The van der Waals surface area contributed by atoms with Crippen LogP contribution in [0.25, 0.3) is 0 Å². The summed E-state index contributed by atoms with van der Waals surface area (Å²) < 4.78 is 106. The van der Waals surface area contributed by atoms with E-state index in [1.54, 1.807) is 0 Å². The minimum atomic E-state index is -2.61. The molecule has 0 radical (unpaired) electrons. The summed E-state index contributed by atoms with van der Waals surface area (Å²) in [5.41, 5.74) is 0. The van der Waals surface area contributed by atoms with Crippen molar-refractivity contribution in [1.29, 1.82) is 0 Å². The summed E-state index contributed by atoms with van der Waals surface area (Å²) >= 11 is 0. The summed E-state index contributed by atoms with van der Waals surface area (Å²) in [7, 11) is 0. The fourth-order valence-electron chi connectivity index (χ4n) is 15.4. The lowest BCUT2D eigenvalue weighted by Gasteiger charge is -2.51. The van der Waals surface area contributed by atoms with Gasteiger partial charge in [0.05, 0.1) is 78.2 Å². The molecule has 0 aromatic rings. The van der Waals surface area contributed by atoms with Gasteiger partial charge in [-0.15, -0.1) is 0 Å². The number of aliphatic hydroxyl groups excluding tert-OH is 28. The molecule has 0 spiro atoms. The van der Waals surface area contributed by atoms with Crippen LogP contribution in [0.15, 0.2) is 0 Å². The van der Waals surface area contributed by atoms with Crippen LogP contribution >= 0.6 is 0 Å². The molecule has 0 bridgehead atoms. The first kappa shape index (κ1) is 102. The molecule has 0 aromatic heterocycles. The van der Waals surface area contributed by atoms with Crippen molar-refractivity contribution >= 4 is 23.6 Å². The van der Waals surface area contributed by atoms with Crippen LogP contribution < -0.4 is 21.3 Å². The van der Waals surface area contributed by atoms with Gasteiger partial charge in [0.15, 0.2) is 56.6 Å². The highest BCUT2D eigenvalue weighted by atomic mass is 16.8. The average Bonchev–Trinajstić information content (AvgIpc) is 0.767. The third-order valence-electron chi connectivity index (χ3n) is 22.1. The van der Waals surface area contributed by atoms with E-state index in [9.17, 15) is 162 Å². The Kier molecular flexibility index (Phi) is 37.6. The van der Waals surface area contributed by atoms with Crippen molar-refractivity contribution in [2.45, 2.75) is 335 Å². The Morgan fingerprint density at radius 1 is 0.303 bits per heavy atom. The zero-order chi connectivity index (χ0) is 90.2. The fourth-order valence-corrected chi connectivity index (χ4v) is 15.4. The molecule has 9 aliphatic rings. The van der Waals surface area contributed by atoms with E-state index in [0.29, 0.717) is 0 Å². The van der Waals surface area contributed by atoms with Crippen LogP contribution in [0.5, 0.6) is 0 Å². The highest BCUT2D eigenvalue weighted by Crippen LogP contribution is 2.40. The highest BCUT2D eigenvalue weighted by molar-refractivity contribution is 5.74. The number of amides is 4. The maximum Gasteiger partial charge on any atom is 0.217 e. The molecule has 4 amide bonds. The van der Waals surface area contributed by atoms with E-state index < -0.39 is 390 Å². The molecule has 0 saturated carbocycles. The molecule has 9 heterocycles. The van der Waals surface area contributed by atoms with Gasteiger partial charge in [-0.25, -0.2) is 0 Å². The third kappa shape index (κ3) is 23.1. The van der Waals surface area contributed by atoms with Crippen LogP contribution in [-0.2, 0) is 104 Å². The molecule has 0 unspecified atom stereocenters. The van der Waals surface area contributed by atoms with Gasteiger partial charge in [0.1, 0.15) is 232 Å². The Labute approximate surface area is 691 Å².